The molecule has 1 unspecified atom stereocenters. The molecule has 114 valence electrons. The van der Waals surface area contributed by atoms with Gasteiger partial charge in [0, 0.05) is 17.7 Å². The third-order valence-corrected chi connectivity index (χ3v) is 3.27. The van der Waals surface area contributed by atoms with Gasteiger partial charge in [-0.3, -0.25) is 0 Å². The van der Waals surface area contributed by atoms with Crippen molar-refractivity contribution >= 4 is 0 Å². The van der Waals surface area contributed by atoms with E-state index in [9.17, 15) is 0 Å². The van der Waals surface area contributed by atoms with E-state index in [1.54, 1.807) is 14.2 Å². The maximum absolute atomic E-state index is 5.54. The third kappa shape index (κ3) is 5.04. The van der Waals surface area contributed by atoms with Crippen molar-refractivity contribution in [1.82, 2.24) is 5.32 Å². The smallest absolute Gasteiger partial charge is 0.127 e. The predicted molar refractivity (Wildman–Crippen MR) is 84.7 cm³/mol. The zero-order chi connectivity index (χ0) is 15.2. The van der Waals surface area contributed by atoms with Crippen molar-refractivity contribution in [2.24, 2.45) is 5.41 Å². The third-order valence-electron chi connectivity index (χ3n) is 3.27. The van der Waals surface area contributed by atoms with E-state index < -0.39 is 0 Å². The van der Waals surface area contributed by atoms with Gasteiger partial charge in [-0.2, -0.15) is 0 Å². The first-order valence-corrected chi connectivity index (χ1v) is 7.36. The molecule has 0 amide bonds. The van der Waals surface area contributed by atoms with Crippen LogP contribution in [0.4, 0.5) is 0 Å². The standard InChI is InChI=1S/C17H29NO2/c1-7-10-18-15(12-17(2,3)4)14-9-8-13(19-5)11-16(14)20-6/h8-9,11,15,18H,7,10,12H2,1-6H3. The quantitative estimate of drug-likeness (QED) is 0.812. The molecule has 1 atom stereocenters. The summed E-state index contributed by atoms with van der Waals surface area (Å²) in [5.41, 5.74) is 1.47. The molecular formula is C17H29NO2. The lowest BCUT2D eigenvalue weighted by atomic mass is 9.85. The molecule has 0 spiro atoms. The molecule has 0 aromatic heterocycles. The van der Waals surface area contributed by atoms with Gasteiger partial charge in [0.2, 0.25) is 0 Å². The van der Waals surface area contributed by atoms with Crippen molar-refractivity contribution in [3.63, 3.8) is 0 Å². The minimum Gasteiger partial charge on any atom is -0.497 e. The fraction of sp³-hybridized carbons (Fsp3) is 0.647. The molecule has 1 aromatic carbocycles. The van der Waals surface area contributed by atoms with Crippen LogP contribution in [0.2, 0.25) is 0 Å². The Bertz CT molecular complexity index is 410. The minimum atomic E-state index is 0.260. The molecule has 1 aromatic rings. The van der Waals surface area contributed by atoms with Crippen molar-refractivity contribution in [3.05, 3.63) is 23.8 Å². The number of rotatable bonds is 7. The first-order chi connectivity index (χ1) is 9.41. The van der Waals surface area contributed by atoms with Crippen LogP contribution in [0.5, 0.6) is 11.5 Å². The molecule has 3 heteroatoms. The van der Waals surface area contributed by atoms with Gasteiger partial charge in [-0.15, -0.1) is 0 Å². The highest BCUT2D eigenvalue weighted by Gasteiger charge is 2.22. The summed E-state index contributed by atoms with van der Waals surface area (Å²) in [5.74, 6) is 1.72. The summed E-state index contributed by atoms with van der Waals surface area (Å²) in [5, 5.41) is 3.63. The highest BCUT2D eigenvalue weighted by atomic mass is 16.5. The Hall–Kier alpha value is -1.22. The molecule has 0 heterocycles. The van der Waals surface area contributed by atoms with E-state index in [0.717, 1.165) is 30.9 Å². The van der Waals surface area contributed by atoms with Crippen LogP contribution in [-0.2, 0) is 0 Å². The Morgan fingerprint density at radius 2 is 1.85 bits per heavy atom. The van der Waals surface area contributed by atoms with Gasteiger partial charge in [-0.05, 0) is 30.9 Å². The largest absolute Gasteiger partial charge is 0.497 e. The van der Waals surface area contributed by atoms with Gasteiger partial charge < -0.3 is 14.8 Å². The lowest BCUT2D eigenvalue weighted by molar-refractivity contribution is 0.303. The molecule has 0 aliphatic rings. The minimum absolute atomic E-state index is 0.260. The van der Waals surface area contributed by atoms with Gasteiger partial charge in [0.05, 0.1) is 14.2 Å². The Morgan fingerprint density at radius 1 is 1.15 bits per heavy atom. The molecule has 3 nitrogen and oxygen atoms in total. The van der Waals surface area contributed by atoms with Gasteiger partial charge in [0.1, 0.15) is 11.5 Å². The second-order valence-corrected chi connectivity index (χ2v) is 6.38. The number of hydrogen-bond donors (Lipinski definition) is 1. The molecule has 20 heavy (non-hydrogen) atoms. The first kappa shape index (κ1) is 16.8. The highest BCUT2D eigenvalue weighted by Crippen LogP contribution is 2.35. The van der Waals surface area contributed by atoms with E-state index in [4.69, 9.17) is 9.47 Å². The van der Waals surface area contributed by atoms with Crippen molar-refractivity contribution in [2.75, 3.05) is 20.8 Å². The van der Waals surface area contributed by atoms with Crippen LogP contribution >= 0.6 is 0 Å². The van der Waals surface area contributed by atoms with Crippen molar-refractivity contribution < 1.29 is 9.47 Å². The summed E-state index contributed by atoms with van der Waals surface area (Å²) in [6.45, 7) is 10.00. The summed E-state index contributed by atoms with van der Waals surface area (Å²) in [7, 11) is 3.39. The zero-order valence-electron chi connectivity index (χ0n) is 13.7. The fourth-order valence-electron chi connectivity index (χ4n) is 2.33. The Morgan fingerprint density at radius 3 is 2.35 bits per heavy atom. The van der Waals surface area contributed by atoms with E-state index in [0.29, 0.717) is 6.04 Å². The molecular weight excluding hydrogens is 250 g/mol. The molecule has 0 aliphatic carbocycles. The molecule has 0 bridgehead atoms. The van der Waals surface area contributed by atoms with Crippen LogP contribution < -0.4 is 14.8 Å². The summed E-state index contributed by atoms with van der Waals surface area (Å²) < 4.78 is 10.8. The van der Waals surface area contributed by atoms with E-state index >= 15 is 0 Å². The summed E-state index contributed by atoms with van der Waals surface area (Å²) in [6, 6.07) is 6.37. The molecule has 0 radical (unpaired) electrons. The normalized spacial score (nSPS) is 13.1. The number of nitrogens with one attached hydrogen (secondary N) is 1. The lowest BCUT2D eigenvalue weighted by Gasteiger charge is -2.28. The van der Waals surface area contributed by atoms with Crippen molar-refractivity contribution in [1.29, 1.82) is 0 Å². The SMILES string of the molecule is CCCNC(CC(C)(C)C)c1ccc(OC)cc1OC. The zero-order valence-corrected chi connectivity index (χ0v) is 13.7. The average molecular weight is 279 g/mol. The number of benzene rings is 1. The van der Waals surface area contributed by atoms with Gasteiger partial charge in [-0.1, -0.05) is 33.8 Å². The van der Waals surface area contributed by atoms with Crippen LogP contribution in [0.1, 0.15) is 52.1 Å². The number of hydrogen-bond acceptors (Lipinski definition) is 3. The van der Waals surface area contributed by atoms with E-state index in [1.807, 2.05) is 12.1 Å². The summed E-state index contributed by atoms with van der Waals surface area (Å²) >= 11 is 0. The topological polar surface area (TPSA) is 30.5 Å². The average Bonchev–Trinajstić information content (AvgIpc) is 2.41. The second kappa shape index (κ2) is 7.53. The van der Waals surface area contributed by atoms with E-state index in [-0.39, 0.29) is 5.41 Å². The fourth-order valence-corrected chi connectivity index (χ4v) is 2.33. The first-order valence-electron chi connectivity index (χ1n) is 7.36. The van der Waals surface area contributed by atoms with Crippen LogP contribution in [0.25, 0.3) is 0 Å². The van der Waals surface area contributed by atoms with Crippen LogP contribution in [0, 0.1) is 5.41 Å². The van der Waals surface area contributed by atoms with E-state index in [1.165, 1.54) is 5.56 Å². The molecule has 0 aliphatic heterocycles. The second-order valence-electron chi connectivity index (χ2n) is 6.38. The molecule has 1 N–H and O–H groups in total. The van der Waals surface area contributed by atoms with E-state index in [2.05, 4.69) is 39.1 Å². The number of methoxy groups -OCH3 is 2. The van der Waals surface area contributed by atoms with Gasteiger partial charge in [-0.25, -0.2) is 0 Å². The Balaban J connectivity index is 3.05. The Labute approximate surface area is 123 Å². The Kier molecular flexibility index (Phi) is 6.34. The highest BCUT2D eigenvalue weighted by molar-refractivity contribution is 5.42. The number of ether oxygens (including phenoxy) is 2. The van der Waals surface area contributed by atoms with Gasteiger partial charge >= 0.3 is 0 Å². The maximum atomic E-state index is 5.54. The van der Waals surface area contributed by atoms with Crippen LogP contribution in [-0.4, -0.2) is 20.8 Å². The molecule has 1 rings (SSSR count). The van der Waals surface area contributed by atoms with Crippen LogP contribution in [0.15, 0.2) is 18.2 Å². The van der Waals surface area contributed by atoms with Crippen molar-refractivity contribution in [2.45, 2.75) is 46.6 Å². The summed E-state index contributed by atoms with van der Waals surface area (Å²) in [4.78, 5) is 0. The van der Waals surface area contributed by atoms with Crippen LogP contribution in [0.3, 0.4) is 0 Å². The molecule has 0 fully saturated rings. The summed E-state index contributed by atoms with van der Waals surface area (Å²) in [6.07, 6.45) is 2.19. The lowest BCUT2D eigenvalue weighted by Crippen LogP contribution is -2.26. The van der Waals surface area contributed by atoms with Gasteiger partial charge in [0.15, 0.2) is 0 Å². The van der Waals surface area contributed by atoms with Crippen molar-refractivity contribution in [3.8, 4) is 11.5 Å². The monoisotopic (exact) mass is 279 g/mol. The van der Waals surface area contributed by atoms with Gasteiger partial charge in [0.25, 0.3) is 0 Å². The predicted octanol–water partition coefficient (Wildman–Crippen LogP) is 4.18. The molecule has 0 saturated carbocycles. The molecule has 0 saturated heterocycles. The maximum Gasteiger partial charge on any atom is 0.127 e.